The fourth-order valence-electron chi connectivity index (χ4n) is 3.71. The average molecular weight is 417 g/mol. The smallest absolute Gasteiger partial charge is 0.283 e. The lowest BCUT2D eigenvalue weighted by atomic mass is 9.67. The van der Waals surface area contributed by atoms with Crippen LogP contribution in [0.15, 0.2) is 18.3 Å². The second-order valence-corrected chi connectivity index (χ2v) is 8.55. The number of morpholine rings is 1. The maximum atomic E-state index is 12.9. The molecule has 2 fully saturated rings. The van der Waals surface area contributed by atoms with E-state index >= 15 is 0 Å². The Kier molecular flexibility index (Phi) is 5.22. The summed E-state index contributed by atoms with van der Waals surface area (Å²) >= 11 is 1.26. The van der Waals surface area contributed by atoms with E-state index in [2.05, 4.69) is 15.3 Å². The summed E-state index contributed by atoms with van der Waals surface area (Å²) < 4.78 is 5.79. The zero-order chi connectivity index (χ0) is 20.6. The Balaban J connectivity index is 1.41. The molecular formula is C19H23N5O4S. The van der Waals surface area contributed by atoms with E-state index in [4.69, 9.17) is 10.5 Å². The fraction of sp³-hybridized carbons (Fsp3) is 0.526. The lowest BCUT2D eigenvalue weighted by Crippen LogP contribution is -2.59. The summed E-state index contributed by atoms with van der Waals surface area (Å²) in [7, 11) is 0. The number of carbonyl (C=O) groups is 3. The van der Waals surface area contributed by atoms with E-state index in [1.165, 1.54) is 11.3 Å². The van der Waals surface area contributed by atoms with Gasteiger partial charge >= 0.3 is 0 Å². The van der Waals surface area contributed by atoms with Gasteiger partial charge in [0.05, 0.1) is 18.8 Å². The average Bonchev–Trinajstić information content (AvgIpc) is 3.10. The first-order valence-electron chi connectivity index (χ1n) is 9.64. The molecule has 2 atom stereocenters. The summed E-state index contributed by atoms with van der Waals surface area (Å²) in [4.78, 5) is 48.3. The van der Waals surface area contributed by atoms with Crippen molar-refractivity contribution in [2.24, 2.45) is 11.1 Å². The highest BCUT2D eigenvalue weighted by Crippen LogP contribution is 2.41. The number of nitrogens with one attached hydrogen (secondary N) is 1. The lowest BCUT2D eigenvalue weighted by molar-refractivity contribution is -0.149. The minimum Gasteiger partial charge on any atom is -0.372 e. The molecule has 2 aromatic heterocycles. The molecular weight excluding hydrogens is 394 g/mol. The van der Waals surface area contributed by atoms with Crippen LogP contribution in [0.1, 0.15) is 36.0 Å². The molecule has 1 aliphatic carbocycles. The SMILES string of the molecule is CC(NC(=O)C1(C(N)=O)CCC1)C1CN(C(=O)c2nc3cccnc3s2)CCO1. The van der Waals surface area contributed by atoms with E-state index in [0.29, 0.717) is 43.1 Å². The number of amides is 3. The normalized spacial score (nSPS) is 22.0. The molecule has 3 N–H and O–H groups in total. The number of aromatic nitrogens is 2. The van der Waals surface area contributed by atoms with E-state index in [9.17, 15) is 14.4 Å². The molecule has 1 saturated heterocycles. The van der Waals surface area contributed by atoms with Crippen LogP contribution in [-0.2, 0) is 14.3 Å². The zero-order valence-corrected chi connectivity index (χ0v) is 16.9. The van der Waals surface area contributed by atoms with Crippen LogP contribution in [0.3, 0.4) is 0 Å². The number of fused-ring (bicyclic) bond motifs is 1. The Labute approximate surface area is 171 Å². The van der Waals surface area contributed by atoms with E-state index in [0.717, 1.165) is 11.3 Å². The van der Waals surface area contributed by atoms with Crippen LogP contribution in [0.5, 0.6) is 0 Å². The number of primary amides is 1. The summed E-state index contributed by atoms with van der Waals surface area (Å²) in [5, 5.41) is 3.26. The number of hydrogen-bond donors (Lipinski definition) is 2. The first kappa shape index (κ1) is 19.7. The molecule has 2 unspecified atom stereocenters. The van der Waals surface area contributed by atoms with Gasteiger partial charge < -0.3 is 20.7 Å². The third kappa shape index (κ3) is 3.58. The van der Waals surface area contributed by atoms with Crippen molar-refractivity contribution in [3.8, 4) is 0 Å². The van der Waals surface area contributed by atoms with Crippen LogP contribution in [-0.4, -0.2) is 64.4 Å². The minimum atomic E-state index is -1.10. The molecule has 2 aromatic rings. The van der Waals surface area contributed by atoms with E-state index < -0.39 is 11.3 Å². The first-order chi connectivity index (χ1) is 13.9. The van der Waals surface area contributed by atoms with Crippen LogP contribution >= 0.6 is 11.3 Å². The molecule has 4 rings (SSSR count). The van der Waals surface area contributed by atoms with Crippen molar-refractivity contribution in [2.75, 3.05) is 19.7 Å². The fourth-order valence-corrected chi connectivity index (χ4v) is 4.59. The number of nitrogens with two attached hydrogens (primary N) is 1. The number of thiazole rings is 1. The molecule has 29 heavy (non-hydrogen) atoms. The maximum Gasteiger partial charge on any atom is 0.283 e. The number of rotatable bonds is 5. The predicted molar refractivity (Wildman–Crippen MR) is 106 cm³/mol. The molecule has 1 aliphatic heterocycles. The molecule has 0 spiro atoms. The maximum absolute atomic E-state index is 12.9. The molecule has 0 bridgehead atoms. The van der Waals surface area contributed by atoms with Crippen LogP contribution in [0.2, 0.25) is 0 Å². The standard InChI is InChI=1S/C19H23N5O4S/c1-11(22-18(27)19(17(20)26)5-3-6-19)13-10-24(8-9-28-13)16(25)15-23-12-4-2-7-21-14(12)29-15/h2,4,7,11,13H,3,5-6,8-10H2,1H3,(H2,20,26)(H,22,27). The van der Waals surface area contributed by atoms with Gasteiger partial charge in [-0.2, -0.15) is 0 Å². The minimum absolute atomic E-state index is 0.174. The lowest BCUT2D eigenvalue weighted by Gasteiger charge is -2.40. The van der Waals surface area contributed by atoms with Crippen molar-refractivity contribution in [3.63, 3.8) is 0 Å². The molecule has 0 aromatic carbocycles. The largest absolute Gasteiger partial charge is 0.372 e. The summed E-state index contributed by atoms with van der Waals surface area (Å²) in [6.45, 7) is 2.95. The van der Waals surface area contributed by atoms with Gasteiger partial charge in [0.2, 0.25) is 11.8 Å². The Morgan fingerprint density at radius 1 is 1.41 bits per heavy atom. The van der Waals surface area contributed by atoms with Gasteiger partial charge in [-0.05, 0) is 31.9 Å². The Bertz CT molecular complexity index is 924. The number of ether oxygens (including phenoxy) is 1. The van der Waals surface area contributed by atoms with Crippen molar-refractivity contribution in [3.05, 3.63) is 23.3 Å². The van der Waals surface area contributed by atoms with E-state index in [1.54, 1.807) is 17.2 Å². The highest BCUT2D eigenvalue weighted by Gasteiger charge is 2.50. The van der Waals surface area contributed by atoms with E-state index in [1.807, 2.05) is 13.0 Å². The third-order valence-electron chi connectivity index (χ3n) is 5.76. The van der Waals surface area contributed by atoms with Crippen molar-refractivity contribution in [1.82, 2.24) is 20.2 Å². The number of carbonyl (C=O) groups excluding carboxylic acids is 3. The van der Waals surface area contributed by atoms with Gasteiger partial charge in [-0.1, -0.05) is 17.8 Å². The second-order valence-electron chi connectivity index (χ2n) is 7.57. The van der Waals surface area contributed by atoms with Gasteiger partial charge in [-0.25, -0.2) is 9.97 Å². The molecule has 3 amide bonds. The van der Waals surface area contributed by atoms with Gasteiger partial charge in [0.15, 0.2) is 5.01 Å². The van der Waals surface area contributed by atoms with Gasteiger partial charge in [0.25, 0.3) is 5.91 Å². The van der Waals surface area contributed by atoms with E-state index in [-0.39, 0.29) is 24.0 Å². The quantitative estimate of drug-likeness (QED) is 0.689. The molecule has 3 heterocycles. The number of nitrogens with zero attached hydrogens (tertiary/aromatic N) is 3. The molecule has 2 aliphatic rings. The summed E-state index contributed by atoms with van der Waals surface area (Å²) in [5.41, 5.74) is 5.04. The van der Waals surface area contributed by atoms with Crippen molar-refractivity contribution in [2.45, 2.75) is 38.3 Å². The van der Waals surface area contributed by atoms with Crippen LogP contribution in [0.25, 0.3) is 10.3 Å². The monoisotopic (exact) mass is 417 g/mol. The molecule has 1 saturated carbocycles. The first-order valence-corrected chi connectivity index (χ1v) is 10.5. The number of pyridine rings is 1. The second kappa shape index (κ2) is 7.68. The molecule has 9 nitrogen and oxygen atoms in total. The topological polar surface area (TPSA) is 128 Å². The predicted octanol–water partition coefficient (Wildman–Crippen LogP) is 0.693. The summed E-state index contributed by atoms with van der Waals surface area (Å²) in [6.07, 6.45) is 3.05. The number of hydrogen-bond acceptors (Lipinski definition) is 7. The van der Waals surface area contributed by atoms with Gasteiger partial charge in [-0.15, -0.1) is 0 Å². The van der Waals surface area contributed by atoms with Crippen LogP contribution in [0.4, 0.5) is 0 Å². The Morgan fingerprint density at radius 2 is 2.21 bits per heavy atom. The third-order valence-corrected chi connectivity index (χ3v) is 6.73. The zero-order valence-electron chi connectivity index (χ0n) is 16.1. The molecule has 154 valence electrons. The summed E-state index contributed by atoms with van der Waals surface area (Å²) in [6, 6.07) is 3.24. The van der Waals surface area contributed by atoms with Crippen molar-refractivity contribution in [1.29, 1.82) is 0 Å². The van der Waals surface area contributed by atoms with Gasteiger partial charge in [0, 0.05) is 19.3 Å². The molecule has 0 radical (unpaired) electrons. The highest BCUT2D eigenvalue weighted by atomic mass is 32.1. The van der Waals surface area contributed by atoms with Crippen LogP contribution < -0.4 is 11.1 Å². The van der Waals surface area contributed by atoms with Crippen molar-refractivity contribution < 1.29 is 19.1 Å². The van der Waals surface area contributed by atoms with Gasteiger partial charge in [0.1, 0.15) is 15.8 Å². The van der Waals surface area contributed by atoms with Crippen LogP contribution in [0, 0.1) is 5.41 Å². The highest BCUT2D eigenvalue weighted by molar-refractivity contribution is 7.19. The Hall–Kier alpha value is -2.59. The Morgan fingerprint density at radius 3 is 2.86 bits per heavy atom. The molecule has 10 heteroatoms. The summed E-state index contributed by atoms with van der Waals surface area (Å²) in [5.74, 6) is -1.11. The van der Waals surface area contributed by atoms with Crippen molar-refractivity contribution >= 4 is 39.4 Å². The van der Waals surface area contributed by atoms with Gasteiger partial charge in [-0.3, -0.25) is 14.4 Å².